The van der Waals surface area contributed by atoms with Gasteiger partial charge < -0.3 is 133 Å². The van der Waals surface area contributed by atoms with Crippen LogP contribution < -0.4 is 0 Å². The quantitative estimate of drug-likeness (QED) is 0.0581. The summed E-state index contributed by atoms with van der Waals surface area (Å²) in [6.07, 6.45) is -34.0. The first kappa shape index (κ1) is 65.1. The van der Waals surface area contributed by atoms with Crippen molar-refractivity contribution in [3.63, 3.8) is 0 Å². The lowest BCUT2D eigenvalue weighted by atomic mass is 9.30. The van der Waals surface area contributed by atoms with E-state index in [-0.39, 0.29) is 34.0 Å². The van der Waals surface area contributed by atoms with E-state index in [0.717, 1.165) is 44.8 Å². The fourth-order valence-corrected chi connectivity index (χ4v) is 18.9. The van der Waals surface area contributed by atoms with Gasteiger partial charge in [-0.25, -0.2) is 0 Å². The average molecular weight is 1220 g/mol. The van der Waals surface area contributed by atoms with Crippen molar-refractivity contribution < 1.29 is 133 Å². The zero-order chi connectivity index (χ0) is 61.5. The Morgan fingerprint density at radius 3 is 1.67 bits per heavy atom. The predicted molar refractivity (Wildman–Crippen MR) is 283 cm³/mol. The zero-order valence-corrected chi connectivity index (χ0v) is 49.2. The third-order valence-corrected chi connectivity index (χ3v) is 24.1. The minimum atomic E-state index is -2.03. The summed E-state index contributed by atoms with van der Waals surface area (Å²) in [5.41, 5.74) is -2.88. The van der Waals surface area contributed by atoms with Crippen LogP contribution in [-0.2, 0) is 56.9 Å². The molecule has 488 valence electrons. The van der Waals surface area contributed by atoms with Crippen molar-refractivity contribution in [3.05, 3.63) is 0 Å². The highest BCUT2D eigenvalue weighted by molar-refractivity contribution is 5.59. The van der Waals surface area contributed by atoms with Crippen molar-refractivity contribution in [3.8, 4) is 0 Å². The van der Waals surface area contributed by atoms with E-state index in [4.69, 9.17) is 52.1 Å². The molecule has 6 aliphatic heterocycles. The van der Waals surface area contributed by atoms with Crippen molar-refractivity contribution in [2.75, 3.05) is 39.6 Å². The largest absolute Gasteiger partial charge is 0.394 e. The molecule has 11 rings (SSSR count). The van der Waals surface area contributed by atoms with E-state index in [0.29, 0.717) is 32.3 Å². The van der Waals surface area contributed by atoms with Crippen molar-refractivity contribution in [2.24, 2.45) is 50.2 Å². The SMILES string of the molecule is CC1(C=O)CCC23COC4(CCC5C6(C)CCC(OC7OCC(OC8OC(CO)C(O)C(OC9OC(CO)C(O)C(O)C9O)C8OC8OCC(O)C(O)C8O)C(O)C7OC7OC(CO)C(O)C(O)C7O)C(C)(C)C6CCC5(C)C4(C)CC2O)C3C1. The molecule has 15 N–H and O–H groups in total. The first-order chi connectivity index (χ1) is 40.0. The summed E-state index contributed by atoms with van der Waals surface area (Å²) in [4.78, 5) is 12.6. The molecule has 0 aromatic carbocycles. The van der Waals surface area contributed by atoms with Crippen LogP contribution in [0.1, 0.15) is 106 Å². The molecule has 27 nitrogen and oxygen atoms in total. The zero-order valence-electron chi connectivity index (χ0n) is 49.2. The number of aliphatic hydroxyl groups excluding tert-OH is 15. The second-order valence-corrected chi connectivity index (χ2v) is 28.6. The maximum Gasteiger partial charge on any atom is 0.187 e. The van der Waals surface area contributed by atoms with Crippen LogP contribution in [0.4, 0.5) is 0 Å². The summed E-state index contributed by atoms with van der Waals surface area (Å²) >= 11 is 0. The van der Waals surface area contributed by atoms with Gasteiger partial charge in [-0.05, 0) is 98.2 Å². The van der Waals surface area contributed by atoms with Gasteiger partial charge in [0.2, 0.25) is 0 Å². The summed E-state index contributed by atoms with van der Waals surface area (Å²) in [6.45, 7) is 10.3. The predicted octanol–water partition coefficient (Wildman–Crippen LogP) is -4.07. The van der Waals surface area contributed by atoms with E-state index in [9.17, 15) is 81.4 Å². The number of hydrogen-bond donors (Lipinski definition) is 15. The Morgan fingerprint density at radius 2 is 1.05 bits per heavy atom. The Labute approximate surface area is 493 Å². The van der Waals surface area contributed by atoms with Gasteiger partial charge in [0.1, 0.15) is 116 Å². The van der Waals surface area contributed by atoms with Crippen LogP contribution in [0.25, 0.3) is 0 Å². The lowest BCUT2D eigenvalue weighted by molar-refractivity contribution is -0.404. The molecular weight excluding hydrogens is 1130 g/mol. The Hall–Kier alpha value is -1.37. The summed E-state index contributed by atoms with van der Waals surface area (Å²) in [7, 11) is 0. The van der Waals surface area contributed by atoms with Gasteiger partial charge in [0.15, 0.2) is 31.5 Å². The molecule has 1 spiro atoms. The molecular formula is C58H94O27. The molecule has 0 aromatic rings. The van der Waals surface area contributed by atoms with E-state index >= 15 is 0 Å². The first-order valence-electron chi connectivity index (χ1n) is 30.6. The molecule has 6 saturated heterocycles. The van der Waals surface area contributed by atoms with Gasteiger partial charge in [0.25, 0.3) is 0 Å². The number of rotatable bonds is 14. The Balaban J connectivity index is 0.868. The number of carbonyl (C=O) groups excluding carboxylic acids is 1. The number of carbonyl (C=O) groups is 1. The molecule has 2 bridgehead atoms. The lowest BCUT2D eigenvalue weighted by Gasteiger charge is -2.75. The third kappa shape index (κ3) is 10.2. The Bertz CT molecular complexity index is 2340. The van der Waals surface area contributed by atoms with Crippen LogP contribution in [0.2, 0.25) is 0 Å². The van der Waals surface area contributed by atoms with Crippen LogP contribution in [0.5, 0.6) is 0 Å². The highest BCUT2D eigenvalue weighted by Gasteiger charge is 2.80. The smallest absolute Gasteiger partial charge is 0.187 e. The van der Waals surface area contributed by atoms with Crippen molar-refractivity contribution in [2.45, 2.75) is 265 Å². The molecule has 11 aliphatic rings. The first-order valence-corrected chi connectivity index (χ1v) is 30.6. The normalized spacial score (nSPS) is 57.6. The van der Waals surface area contributed by atoms with Crippen molar-refractivity contribution in [1.29, 1.82) is 0 Å². The molecule has 34 atom stereocenters. The van der Waals surface area contributed by atoms with E-state index in [1.807, 2.05) is 6.92 Å². The Kier molecular flexibility index (Phi) is 18.1. The second-order valence-electron chi connectivity index (χ2n) is 28.6. The molecule has 5 aliphatic carbocycles. The summed E-state index contributed by atoms with van der Waals surface area (Å²) in [5.74, 6) is 0.317. The molecule has 6 heterocycles. The fourth-order valence-electron chi connectivity index (χ4n) is 18.9. The average Bonchev–Trinajstić information content (AvgIpc) is 1.63. The van der Waals surface area contributed by atoms with Crippen LogP contribution >= 0.6 is 0 Å². The number of aliphatic hydroxyl groups is 15. The molecule has 5 saturated carbocycles. The number of aldehydes is 1. The molecule has 27 heteroatoms. The lowest BCUT2D eigenvalue weighted by Crippen LogP contribution is -2.74. The van der Waals surface area contributed by atoms with Crippen LogP contribution in [-0.4, -0.2) is 282 Å². The molecule has 34 unspecified atom stereocenters. The number of ether oxygens (including phenoxy) is 11. The molecule has 0 aromatic heterocycles. The summed E-state index contributed by atoms with van der Waals surface area (Å²) in [6, 6.07) is 0. The highest BCUT2D eigenvalue weighted by Crippen LogP contribution is 2.80. The van der Waals surface area contributed by atoms with Gasteiger partial charge >= 0.3 is 0 Å². The van der Waals surface area contributed by atoms with Crippen molar-refractivity contribution in [1.82, 2.24) is 0 Å². The topological polar surface area (TPSA) is 422 Å². The van der Waals surface area contributed by atoms with E-state index in [2.05, 4.69) is 34.6 Å². The van der Waals surface area contributed by atoms with Gasteiger partial charge in [-0.15, -0.1) is 0 Å². The maximum absolute atomic E-state index is 12.7. The monoisotopic (exact) mass is 1220 g/mol. The minimum Gasteiger partial charge on any atom is -0.394 e. The van der Waals surface area contributed by atoms with E-state index < -0.39 is 208 Å². The molecule has 85 heavy (non-hydrogen) atoms. The molecule has 0 amide bonds. The van der Waals surface area contributed by atoms with Gasteiger partial charge in [0.05, 0.1) is 57.5 Å². The summed E-state index contributed by atoms with van der Waals surface area (Å²) in [5, 5.41) is 165. The van der Waals surface area contributed by atoms with Gasteiger partial charge in [0, 0.05) is 16.2 Å². The van der Waals surface area contributed by atoms with Crippen LogP contribution in [0.15, 0.2) is 0 Å². The van der Waals surface area contributed by atoms with E-state index in [1.165, 1.54) is 0 Å². The van der Waals surface area contributed by atoms with Gasteiger partial charge in [-0.1, -0.05) is 41.5 Å². The molecule has 0 radical (unpaired) electrons. The maximum atomic E-state index is 12.7. The van der Waals surface area contributed by atoms with Crippen molar-refractivity contribution >= 4 is 6.29 Å². The minimum absolute atomic E-state index is 0.0397. The molecule has 11 fully saturated rings. The summed E-state index contributed by atoms with van der Waals surface area (Å²) < 4.78 is 68.6. The van der Waals surface area contributed by atoms with E-state index in [1.54, 1.807) is 0 Å². The van der Waals surface area contributed by atoms with Crippen LogP contribution in [0.3, 0.4) is 0 Å². The van der Waals surface area contributed by atoms with Gasteiger partial charge in [-0.3, -0.25) is 0 Å². The fraction of sp³-hybridized carbons (Fsp3) is 0.983. The second kappa shape index (κ2) is 23.6. The Morgan fingerprint density at radius 1 is 0.482 bits per heavy atom. The number of hydrogen-bond acceptors (Lipinski definition) is 27. The number of fused-ring (bicyclic) bond motifs is 4. The third-order valence-electron chi connectivity index (χ3n) is 24.1. The highest BCUT2D eigenvalue weighted by atomic mass is 16.8. The van der Waals surface area contributed by atoms with Crippen LogP contribution in [0, 0.1) is 50.2 Å². The standard InChI is InChI=1S/C58H94O27/c1-52(2)29-7-11-55(5)30(8-12-58-31-15-53(3,22-62)13-14-57(31,23-77-58)32(64)16-56(55,58)6)54(29,4)10-9-33(52)82-50-45(84-49-43(74)40(71)36(67)26(18-60)79-49)38(69)28(21-76-50)81-51-46(85-47-41(72)34(65)24(63)20-75-47)44(37(68)27(19-61)80-51)83-48-42(73)39(70)35(66)25(17-59)78-48/h22,24-51,59-61,63-74H,7-21,23H2,1-6H3. The van der Waals surface area contributed by atoms with Gasteiger partial charge in [-0.2, -0.15) is 0 Å².